The van der Waals surface area contributed by atoms with Crippen molar-refractivity contribution in [3.05, 3.63) is 0 Å². The van der Waals surface area contributed by atoms with E-state index in [4.69, 9.17) is 4.74 Å². The SMILES string of the molecule is COC(=O)C1CCN1CC1CSCCS1. The molecule has 15 heavy (non-hydrogen) atoms. The van der Waals surface area contributed by atoms with Crippen LogP contribution in [0, 0.1) is 0 Å². The zero-order valence-electron chi connectivity index (χ0n) is 8.98. The average Bonchev–Trinajstić information content (AvgIpc) is 2.25. The summed E-state index contributed by atoms with van der Waals surface area (Å²) in [5, 5.41) is 0.705. The highest BCUT2D eigenvalue weighted by Gasteiger charge is 2.36. The summed E-state index contributed by atoms with van der Waals surface area (Å²) in [5.41, 5.74) is 0. The van der Waals surface area contributed by atoms with Crippen LogP contribution in [0.1, 0.15) is 6.42 Å². The van der Waals surface area contributed by atoms with E-state index in [0.29, 0.717) is 5.25 Å². The molecule has 0 N–H and O–H groups in total. The Morgan fingerprint density at radius 3 is 2.93 bits per heavy atom. The van der Waals surface area contributed by atoms with Crippen LogP contribution in [0.4, 0.5) is 0 Å². The molecule has 2 atom stereocenters. The molecule has 2 aliphatic rings. The summed E-state index contributed by atoms with van der Waals surface area (Å²) in [6, 6.07) is 0.0440. The minimum Gasteiger partial charge on any atom is -0.468 e. The second-order valence-electron chi connectivity index (χ2n) is 3.89. The largest absolute Gasteiger partial charge is 0.468 e. The van der Waals surface area contributed by atoms with Crippen molar-refractivity contribution in [2.45, 2.75) is 17.7 Å². The number of likely N-dealkylation sites (tertiary alicyclic amines) is 1. The molecule has 2 unspecified atom stereocenters. The quantitative estimate of drug-likeness (QED) is 0.696. The van der Waals surface area contributed by atoms with E-state index in [0.717, 1.165) is 19.5 Å². The van der Waals surface area contributed by atoms with Gasteiger partial charge in [-0.15, -0.1) is 0 Å². The first kappa shape index (κ1) is 11.6. The molecule has 0 aromatic carbocycles. The van der Waals surface area contributed by atoms with Gasteiger partial charge in [-0.05, 0) is 6.42 Å². The third-order valence-corrected chi connectivity index (χ3v) is 5.75. The third-order valence-electron chi connectivity index (χ3n) is 2.93. The van der Waals surface area contributed by atoms with Gasteiger partial charge in [-0.1, -0.05) is 0 Å². The van der Waals surface area contributed by atoms with Crippen molar-refractivity contribution in [3.63, 3.8) is 0 Å². The fourth-order valence-electron chi connectivity index (χ4n) is 1.97. The fraction of sp³-hybridized carbons (Fsp3) is 0.900. The van der Waals surface area contributed by atoms with Crippen molar-refractivity contribution in [1.29, 1.82) is 0 Å². The molecule has 3 nitrogen and oxygen atoms in total. The summed E-state index contributed by atoms with van der Waals surface area (Å²) in [6.07, 6.45) is 0.969. The Morgan fingerprint density at radius 1 is 1.53 bits per heavy atom. The summed E-state index contributed by atoms with van der Waals surface area (Å²) in [5.74, 6) is 3.71. The molecule has 0 aromatic rings. The lowest BCUT2D eigenvalue weighted by Gasteiger charge is -2.41. The van der Waals surface area contributed by atoms with E-state index < -0.39 is 0 Å². The second kappa shape index (κ2) is 5.46. The van der Waals surface area contributed by atoms with Crippen LogP contribution in [0.25, 0.3) is 0 Å². The van der Waals surface area contributed by atoms with Gasteiger partial charge in [-0.25, -0.2) is 0 Å². The van der Waals surface area contributed by atoms with Crippen LogP contribution < -0.4 is 0 Å². The van der Waals surface area contributed by atoms with E-state index >= 15 is 0 Å². The molecular formula is C10H17NO2S2. The number of nitrogens with zero attached hydrogens (tertiary/aromatic N) is 1. The van der Waals surface area contributed by atoms with E-state index in [2.05, 4.69) is 4.90 Å². The number of carbonyl (C=O) groups excluding carboxylic acids is 1. The molecule has 0 aliphatic carbocycles. The highest BCUT2D eigenvalue weighted by atomic mass is 32.2. The summed E-state index contributed by atoms with van der Waals surface area (Å²) in [4.78, 5) is 13.6. The number of carbonyl (C=O) groups is 1. The standard InChI is InChI=1S/C10H17NO2S2/c1-13-10(12)9-2-3-11(9)6-8-7-14-4-5-15-8/h8-9H,2-7H2,1H3. The predicted molar refractivity (Wildman–Crippen MR) is 65.6 cm³/mol. The monoisotopic (exact) mass is 247 g/mol. The first-order valence-corrected chi connectivity index (χ1v) is 7.53. The molecule has 5 heteroatoms. The number of esters is 1. The van der Waals surface area contributed by atoms with Gasteiger partial charge in [0, 0.05) is 35.6 Å². The van der Waals surface area contributed by atoms with Crippen LogP contribution >= 0.6 is 23.5 Å². The first-order chi connectivity index (χ1) is 7.31. The lowest BCUT2D eigenvalue weighted by Crippen LogP contribution is -2.55. The molecule has 0 saturated carbocycles. The minimum absolute atomic E-state index is 0.0440. The van der Waals surface area contributed by atoms with Gasteiger partial charge < -0.3 is 4.74 Å². The number of hydrogen-bond acceptors (Lipinski definition) is 5. The van der Waals surface area contributed by atoms with Crippen molar-refractivity contribution in [1.82, 2.24) is 4.90 Å². The van der Waals surface area contributed by atoms with Gasteiger partial charge in [0.05, 0.1) is 7.11 Å². The number of thioether (sulfide) groups is 2. The normalized spacial score (nSPS) is 32.1. The van der Waals surface area contributed by atoms with Crippen molar-refractivity contribution in [2.75, 3.05) is 37.5 Å². The number of rotatable bonds is 3. The molecule has 2 saturated heterocycles. The molecular weight excluding hydrogens is 230 g/mol. The summed E-state index contributed by atoms with van der Waals surface area (Å²) < 4.78 is 4.78. The zero-order chi connectivity index (χ0) is 10.7. The molecule has 2 rings (SSSR count). The lowest BCUT2D eigenvalue weighted by atomic mass is 10.0. The third kappa shape index (κ3) is 2.82. The average molecular weight is 247 g/mol. The van der Waals surface area contributed by atoms with Crippen LogP contribution in [0.15, 0.2) is 0 Å². The molecule has 2 aliphatic heterocycles. The summed E-state index contributed by atoms with van der Waals surface area (Å²) >= 11 is 4.08. The maximum Gasteiger partial charge on any atom is 0.323 e. The van der Waals surface area contributed by atoms with Crippen molar-refractivity contribution in [3.8, 4) is 0 Å². The molecule has 0 aromatic heterocycles. The minimum atomic E-state index is -0.0605. The second-order valence-corrected chi connectivity index (χ2v) is 6.45. The number of hydrogen-bond donors (Lipinski definition) is 0. The van der Waals surface area contributed by atoms with E-state index in [1.165, 1.54) is 24.4 Å². The Morgan fingerprint density at radius 2 is 2.40 bits per heavy atom. The number of methoxy groups -OCH3 is 1. The van der Waals surface area contributed by atoms with Crippen LogP contribution in [-0.4, -0.2) is 59.6 Å². The maximum atomic E-state index is 11.4. The van der Waals surface area contributed by atoms with Crippen LogP contribution in [0.2, 0.25) is 0 Å². The lowest BCUT2D eigenvalue weighted by molar-refractivity contribution is -0.151. The Bertz CT molecular complexity index is 231. The molecule has 86 valence electrons. The molecule has 2 fully saturated rings. The van der Waals surface area contributed by atoms with Crippen LogP contribution in [-0.2, 0) is 9.53 Å². The van der Waals surface area contributed by atoms with E-state index in [1.54, 1.807) is 0 Å². The molecule has 0 amide bonds. The highest BCUT2D eigenvalue weighted by molar-refractivity contribution is 8.06. The maximum absolute atomic E-state index is 11.4. The topological polar surface area (TPSA) is 29.5 Å². The predicted octanol–water partition coefficient (Wildman–Crippen LogP) is 1.08. The highest BCUT2D eigenvalue weighted by Crippen LogP contribution is 2.28. The van der Waals surface area contributed by atoms with Gasteiger partial charge in [0.15, 0.2) is 0 Å². The number of ether oxygens (including phenoxy) is 1. The van der Waals surface area contributed by atoms with Crippen molar-refractivity contribution < 1.29 is 9.53 Å². The molecule has 0 bridgehead atoms. The molecule has 0 radical (unpaired) electrons. The van der Waals surface area contributed by atoms with Gasteiger partial charge in [0.1, 0.15) is 6.04 Å². The van der Waals surface area contributed by atoms with Crippen molar-refractivity contribution >= 4 is 29.5 Å². The van der Waals surface area contributed by atoms with Gasteiger partial charge in [-0.2, -0.15) is 23.5 Å². The van der Waals surface area contributed by atoms with Gasteiger partial charge in [-0.3, -0.25) is 9.69 Å². The van der Waals surface area contributed by atoms with Gasteiger partial charge in [0.25, 0.3) is 0 Å². The van der Waals surface area contributed by atoms with E-state index in [-0.39, 0.29) is 12.0 Å². The Labute approximate surface area is 99.3 Å². The van der Waals surface area contributed by atoms with Gasteiger partial charge >= 0.3 is 5.97 Å². The zero-order valence-corrected chi connectivity index (χ0v) is 10.6. The van der Waals surface area contributed by atoms with Gasteiger partial charge in [0.2, 0.25) is 0 Å². The fourth-order valence-corrected chi connectivity index (χ4v) is 4.66. The first-order valence-electron chi connectivity index (χ1n) is 5.32. The summed E-state index contributed by atoms with van der Waals surface area (Å²) in [6.45, 7) is 2.11. The summed E-state index contributed by atoms with van der Waals surface area (Å²) in [7, 11) is 1.48. The van der Waals surface area contributed by atoms with Crippen molar-refractivity contribution in [2.24, 2.45) is 0 Å². The smallest absolute Gasteiger partial charge is 0.323 e. The van der Waals surface area contributed by atoms with Crippen LogP contribution in [0.5, 0.6) is 0 Å². The van der Waals surface area contributed by atoms with E-state index in [9.17, 15) is 4.79 Å². The molecule has 2 heterocycles. The Balaban J connectivity index is 1.76. The Kier molecular flexibility index (Phi) is 4.22. The Hall–Kier alpha value is 0.130. The van der Waals surface area contributed by atoms with E-state index in [1.807, 2.05) is 23.5 Å². The molecule has 0 spiro atoms. The van der Waals surface area contributed by atoms with Crippen LogP contribution in [0.3, 0.4) is 0 Å².